The van der Waals surface area contributed by atoms with Crippen molar-refractivity contribution in [1.82, 2.24) is 0 Å². The standard InChI is InChI=1S/C8H12Si/c1-3-5-7-9-8-6-4-2/h1,4-5,7H,2,6,8-9H2. The smallest absolute Gasteiger partial charge is 0.0465 e. The molecule has 0 nitrogen and oxygen atoms in total. The molecule has 0 aromatic carbocycles. The second-order valence-electron chi connectivity index (χ2n) is 1.79. The molecule has 9 heavy (non-hydrogen) atoms. The van der Waals surface area contributed by atoms with Crippen LogP contribution in [0.15, 0.2) is 24.4 Å². The van der Waals surface area contributed by atoms with Crippen molar-refractivity contribution >= 4 is 9.52 Å². The predicted molar refractivity (Wildman–Crippen MR) is 46.1 cm³/mol. The average Bonchev–Trinajstić information content (AvgIpc) is 1.89. The molecular formula is C8H12Si. The zero-order chi connectivity index (χ0) is 6.95. The molecule has 0 atom stereocenters. The Balaban J connectivity index is 3.01. The van der Waals surface area contributed by atoms with Gasteiger partial charge in [0.2, 0.25) is 0 Å². The molecule has 0 fully saturated rings. The van der Waals surface area contributed by atoms with Crippen molar-refractivity contribution in [2.24, 2.45) is 0 Å². The fourth-order valence-corrected chi connectivity index (χ4v) is 1.59. The molecule has 0 aromatic heterocycles. The highest BCUT2D eigenvalue weighted by Gasteiger charge is 1.77. The molecular weight excluding hydrogens is 124 g/mol. The maximum atomic E-state index is 5.01. The Morgan fingerprint density at radius 3 is 3.00 bits per heavy atom. The molecule has 0 saturated heterocycles. The minimum atomic E-state index is -0.00498. The fourth-order valence-electron chi connectivity index (χ4n) is 0.531. The van der Waals surface area contributed by atoms with Crippen LogP contribution in [0.5, 0.6) is 0 Å². The van der Waals surface area contributed by atoms with Crippen molar-refractivity contribution in [3.63, 3.8) is 0 Å². The Hall–Kier alpha value is -0.743. The molecule has 0 N–H and O–H groups in total. The molecule has 48 valence electrons. The number of hydrogen-bond donors (Lipinski definition) is 0. The minimum absolute atomic E-state index is 0.00498. The maximum absolute atomic E-state index is 5.01. The Labute approximate surface area is 59.5 Å². The summed E-state index contributed by atoms with van der Waals surface area (Å²) in [7, 11) is -0.00498. The highest BCUT2D eigenvalue weighted by molar-refractivity contribution is 6.42. The van der Waals surface area contributed by atoms with E-state index in [0.717, 1.165) is 6.42 Å². The first-order chi connectivity index (χ1) is 4.41. The zero-order valence-corrected chi connectivity index (χ0v) is 7.05. The van der Waals surface area contributed by atoms with Crippen LogP contribution in [-0.2, 0) is 0 Å². The first-order valence-corrected chi connectivity index (χ1v) is 4.95. The minimum Gasteiger partial charge on any atom is -0.115 e. The number of terminal acetylenes is 1. The van der Waals surface area contributed by atoms with Crippen LogP contribution in [0.2, 0.25) is 6.04 Å². The summed E-state index contributed by atoms with van der Waals surface area (Å²) >= 11 is 0. The van der Waals surface area contributed by atoms with E-state index in [1.807, 2.05) is 6.08 Å². The van der Waals surface area contributed by atoms with Crippen LogP contribution < -0.4 is 0 Å². The lowest BCUT2D eigenvalue weighted by Gasteiger charge is -1.84. The molecule has 0 radical (unpaired) electrons. The summed E-state index contributed by atoms with van der Waals surface area (Å²) in [6, 6.07) is 1.29. The third kappa shape index (κ3) is 7.26. The SMILES string of the molecule is C#CC=C[SiH2]CCC=C. The van der Waals surface area contributed by atoms with Crippen LogP contribution in [0.25, 0.3) is 0 Å². The van der Waals surface area contributed by atoms with E-state index in [0.29, 0.717) is 0 Å². The van der Waals surface area contributed by atoms with Gasteiger partial charge in [-0.1, -0.05) is 23.7 Å². The molecule has 0 heterocycles. The molecule has 0 amide bonds. The molecule has 0 spiro atoms. The lowest BCUT2D eigenvalue weighted by Crippen LogP contribution is -1.80. The van der Waals surface area contributed by atoms with Crippen LogP contribution in [0.4, 0.5) is 0 Å². The van der Waals surface area contributed by atoms with E-state index in [-0.39, 0.29) is 9.52 Å². The summed E-state index contributed by atoms with van der Waals surface area (Å²) in [4.78, 5) is 0. The highest BCUT2D eigenvalue weighted by Crippen LogP contribution is 1.88. The first-order valence-electron chi connectivity index (χ1n) is 3.14. The van der Waals surface area contributed by atoms with Gasteiger partial charge in [0.1, 0.15) is 0 Å². The first kappa shape index (κ1) is 8.26. The summed E-state index contributed by atoms with van der Waals surface area (Å²) in [5.41, 5.74) is 2.14. The Kier molecular flexibility index (Phi) is 6.66. The van der Waals surface area contributed by atoms with Crippen LogP contribution in [0, 0.1) is 12.3 Å². The summed E-state index contributed by atoms with van der Waals surface area (Å²) in [6.07, 6.45) is 9.90. The molecule has 0 bridgehead atoms. The average molecular weight is 136 g/mol. The number of rotatable bonds is 4. The predicted octanol–water partition coefficient (Wildman–Crippen LogP) is 1.30. The monoisotopic (exact) mass is 136 g/mol. The Morgan fingerprint density at radius 1 is 1.67 bits per heavy atom. The molecule has 0 aliphatic carbocycles. The van der Waals surface area contributed by atoms with E-state index < -0.39 is 0 Å². The maximum Gasteiger partial charge on any atom is 0.0465 e. The van der Waals surface area contributed by atoms with Crippen molar-refractivity contribution in [2.75, 3.05) is 0 Å². The van der Waals surface area contributed by atoms with Crippen LogP contribution >= 0.6 is 0 Å². The van der Waals surface area contributed by atoms with Crippen molar-refractivity contribution in [3.8, 4) is 12.3 Å². The van der Waals surface area contributed by atoms with Crippen molar-refractivity contribution in [3.05, 3.63) is 24.4 Å². The van der Waals surface area contributed by atoms with E-state index >= 15 is 0 Å². The van der Waals surface area contributed by atoms with Gasteiger partial charge in [-0.25, -0.2) is 0 Å². The van der Waals surface area contributed by atoms with Gasteiger partial charge in [-0.15, -0.1) is 13.0 Å². The number of hydrogen-bond acceptors (Lipinski definition) is 0. The Bertz CT molecular complexity index is 128. The fraction of sp³-hybridized carbons (Fsp3) is 0.250. The van der Waals surface area contributed by atoms with Gasteiger partial charge in [-0.2, -0.15) is 0 Å². The van der Waals surface area contributed by atoms with Crippen LogP contribution in [-0.4, -0.2) is 9.52 Å². The summed E-state index contributed by atoms with van der Waals surface area (Å²) < 4.78 is 0. The van der Waals surface area contributed by atoms with Crippen LogP contribution in [0.3, 0.4) is 0 Å². The second-order valence-corrected chi connectivity index (χ2v) is 3.54. The van der Waals surface area contributed by atoms with Gasteiger partial charge in [0, 0.05) is 9.52 Å². The van der Waals surface area contributed by atoms with Crippen LogP contribution in [0.1, 0.15) is 6.42 Å². The topological polar surface area (TPSA) is 0 Å². The largest absolute Gasteiger partial charge is 0.115 e. The quantitative estimate of drug-likeness (QED) is 0.236. The van der Waals surface area contributed by atoms with Crippen molar-refractivity contribution in [1.29, 1.82) is 0 Å². The van der Waals surface area contributed by atoms with Gasteiger partial charge < -0.3 is 0 Å². The lowest BCUT2D eigenvalue weighted by molar-refractivity contribution is 1.21. The van der Waals surface area contributed by atoms with Crippen molar-refractivity contribution in [2.45, 2.75) is 12.5 Å². The van der Waals surface area contributed by atoms with E-state index in [2.05, 4.69) is 18.2 Å². The van der Waals surface area contributed by atoms with Crippen molar-refractivity contribution < 1.29 is 0 Å². The molecule has 0 aliphatic heterocycles. The summed E-state index contributed by atoms with van der Waals surface area (Å²) in [5, 5.41) is 0. The van der Waals surface area contributed by atoms with Gasteiger partial charge in [0.05, 0.1) is 0 Å². The normalized spacial score (nSPS) is 10.6. The van der Waals surface area contributed by atoms with E-state index in [4.69, 9.17) is 6.42 Å². The summed E-state index contributed by atoms with van der Waals surface area (Å²) in [5.74, 6) is 2.47. The lowest BCUT2D eigenvalue weighted by atomic mass is 10.5. The Morgan fingerprint density at radius 2 is 2.44 bits per heavy atom. The van der Waals surface area contributed by atoms with Gasteiger partial charge >= 0.3 is 0 Å². The van der Waals surface area contributed by atoms with Gasteiger partial charge in [0.25, 0.3) is 0 Å². The molecule has 0 saturated carbocycles. The third-order valence-electron chi connectivity index (χ3n) is 0.993. The van der Waals surface area contributed by atoms with E-state index in [1.165, 1.54) is 6.04 Å². The highest BCUT2D eigenvalue weighted by atomic mass is 28.2. The van der Waals surface area contributed by atoms with Gasteiger partial charge in [0.15, 0.2) is 0 Å². The van der Waals surface area contributed by atoms with E-state index in [1.54, 1.807) is 6.08 Å². The molecule has 0 rings (SSSR count). The van der Waals surface area contributed by atoms with Gasteiger partial charge in [-0.05, 0) is 12.5 Å². The molecule has 0 aliphatic rings. The number of allylic oxidation sites excluding steroid dienone is 2. The molecule has 0 unspecified atom stereocenters. The summed E-state index contributed by atoms with van der Waals surface area (Å²) in [6.45, 7) is 3.64. The molecule has 1 heteroatoms. The van der Waals surface area contributed by atoms with E-state index in [9.17, 15) is 0 Å². The second kappa shape index (κ2) is 7.26. The zero-order valence-electron chi connectivity index (χ0n) is 5.64. The molecule has 0 aromatic rings. The third-order valence-corrected chi connectivity index (χ3v) is 2.38. The van der Waals surface area contributed by atoms with Gasteiger partial charge in [-0.3, -0.25) is 0 Å².